The maximum absolute atomic E-state index is 11.5. The van der Waals surface area contributed by atoms with E-state index >= 15 is 0 Å². The number of methoxy groups -OCH3 is 2. The highest BCUT2D eigenvalue weighted by Gasteiger charge is 2.06. The van der Waals surface area contributed by atoms with E-state index in [0.29, 0.717) is 0 Å². The lowest BCUT2D eigenvalue weighted by Crippen LogP contribution is -1.98. The molecule has 1 aromatic rings. The van der Waals surface area contributed by atoms with Crippen LogP contribution in [0.15, 0.2) is 30.3 Å². The van der Waals surface area contributed by atoms with E-state index < -0.39 is 0 Å². The van der Waals surface area contributed by atoms with Gasteiger partial charge in [-0.05, 0) is 36.1 Å². The van der Waals surface area contributed by atoms with Crippen molar-refractivity contribution in [3.05, 3.63) is 35.9 Å². The summed E-state index contributed by atoms with van der Waals surface area (Å²) in [6.07, 6.45) is 5.82. The summed E-state index contributed by atoms with van der Waals surface area (Å²) in [4.78, 5) is 11.5. The maximum Gasteiger partial charge on any atom is 0.330 e. The number of ether oxygens (including phenoxy) is 2. The monoisotopic (exact) mass is 262 g/mol. The molecule has 1 rings (SSSR count). The smallest absolute Gasteiger partial charge is 0.330 e. The second-order valence-electron chi connectivity index (χ2n) is 4.38. The molecule has 0 N–H and O–H groups in total. The highest BCUT2D eigenvalue weighted by Crippen LogP contribution is 2.24. The lowest BCUT2D eigenvalue weighted by molar-refractivity contribution is -0.134. The van der Waals surface area contributed by atoms with Crippen LogP contribution in [0.1, 0.15) is 38.2 Å². The van der Waals surface area contributed by atoms with Crippen molar-refractivity contribution < 1.29 is 14.3 Å². The molecule has 0 spiro atoms. The molecule has 0 unspecified atom stereocenters. The van der Waals surface area contributed by atoms with E-state index in [1.165, 1.54) is 7.11 Å². The standard InChI is InChI=1S/C16H22O3/c1-4-5-6-8-14(12-16(17)19-3)13-9-7-10-15(11-13)18-2/h7,9-12H,4-6,8H2,1-3H3/b14-12+. The fraction of sp³-hybridized carbons (Fsp3) is 0.438. The molecule has 0 aliphatic carbocycles. The Morgan fingerprint density at radius 3 is 2.68 bits per heavy atom. The molecule has 19 heavy (non-hydrogen) atoms. The van der Waals surface area contributed by atoms with Crippen LogP contribution in [0.2, 0.25) is 0 Å². The number of unbranched alkanes of at least 4 members (excludes halogenated alkanes) is 2. The number of esters is 1. The van der Waals surface area contributed by atoms with Crippen molar-refractivity contribution in [2.24, 2.45) is 0 Å². The molecular formula is C16H22O3. The summed E-state index contributed by atoms with van der Waals surface area (Å²) >= 11 is 0. The van der Waals surface area contributed by atoms with Crippen LogP contribution < -0.4 is 4.74 Å². The summed E-state index contributed by atoms with van der Waals surface area (Å²) in [6, 6.07) is 7.76. The van der Waals surface area contributed by atoms with Gasteiger partial charge in [-0.2, -0.15) is 0 Å². The van der Waals surface area contributed by atoms with Crippen LogP contribution >= 0.6 is 0 Å². The average molecular weight is 262 g/mol. The summed E-state index contributed by atoms with van der Waals surface area (Å²) in [5, 5.41) is 0. The zero-order valence-corrected chi connectivity index (χ0v) is 11.9. The normalized spacial score (nSPS) is 11.2. The van der Waals surface area contributed by atoms with E-state index in [1.807, 2.05) is 24.3 Å². The van der Waals surface area contributed by atoms with Crippen LogP contribution in [0.3, 0.4) is 0 Å². The second-order valence-corrected chi connectivity index (χ2v) is 4.38. The van der Waals surface area contributed by atoms with Gasteiger partial charge in [0.25, 0.3) is 0 Å². The van der Waals surface area contributed by atoms with Crippen LogP contribution in [0, 0.1) is 0 Å². The van der Waals surface area contributed by atoms with Crippen molar-refractivity contribution in [3.8, 4) is 5.75 Å². The van der Waals surface area contributed by atoms with E-state index in [1.54, 1.807) is 13.2 Å². The molecule has 0 radical (unpaired) electrons. The van der Waals surface area contributed by atoms with Gasteiger partial charge in [0.2, 0.25) is 0 Å². The molecule has 104 valence electrons. The van der Waals surface area contributed by atoms with Crippen LogP contribution in [0.5, 0.6) is 5.75 Å². The van der Waals surface area contributed by atoms with Crippen molar-refractivity contribution in [1.29, 1.82) is 0 Å². The Bertz CT molecular complexity index is 435. The summed E-state index contributed by atoms with van der Waals surface area (Å²) in [6.45, 7) is 2.16. The van der Waals surface area contributed by atoms with Gasteiger partial charge in [0.1, 0.15) is 5.75 Å². The van der Waals surface area contributed by atoms with E-state index in [2.05, 4.69) is 6.92 Å². The third-order valence-electron chi connectivity index (χ3n) is 2.98. The Morgan fingerprint density at radius 2 is 2.05 bits per heavy atom. The lowest BCUT2D eigenvalue weighted by atomic mass is 9.99. The average Bonchev–Trinajstić information content (AvgIpc) is 2.46. The Kier molecular flexibility index (Phi) is 6.72. The number of allylic oxidation sites excluding steroid dienone is 1. The zero-order valence-electron chi connectivity index (χ0n) is 11.9. The van der Waals surface area contributed by atoms with Crippen molar-refractivity contribution in [2.75, 3.05) is 14.2 Å². The molecular weight excluding hydrogens is 240 g/mol. The predicted octanol–water partition coefficient (Wildman–Crippen LogP) is 3.83. The molecule has 0 atom stereocenters. The van der Waals surface area contributed by atoms with Crippen molar-refractivity contribution in [2.45, 2.75) is 32.6 Å². The Labute approximate surface area is 115 Å². The van der Waals surface area contributed by atoms with E-state index in [0.717, 1.165) is 42.6 Å². The van der Waals surface area contributed by atoms with Crippen molar-refractivity contribution >= 4 is 11.5 Å². The highest BCUT2D eigenvalue weighted by atomic mass is 16.5. The highest BCUT2D eigenvalue weighted by molar-refractivity contribution is 5.91. The molecule has 0 saturated heterocycles. The van der Waals surface area contributed by atoms with Gasteiger partial charge < -0.3 is 9.47 Å². The first kappa shape index (κ1) is 15.3. The van der Waals surface area contributed by atoms with E-state index in [-0.39, 0.29) is 5.97 Å². The summed E-state index contributed by atoms with van der Waals surface area (Å²) in [7, 11) is 3.04. The minimum atomic E-state index is -0.311. The fourth-order valence-electron chi connectivity index (χ4n) is 1.89. The van der Waals surface area contributed by atoms with Gasteiger partial charge >= 0.3 is 5.97 Å². The van der Waals surface area contributed by atoms with Gasteiger partial charge in [0.15, 0.2) is 0 Å². The van der Waals surface area contributed by atoms with Gasteiger partial charge in [-0.1, -0.05) is 31.9 Å². The Hall–Kier alpha value is -1.77. The van der Waals surface area contributed by atoms with Gasteiger partial charge in [-0.3, -0.25) is 0 Å². The van der Waals surface area contributed by atoms with E-state index in [4.69, 9.17) is 9.47 Å². The van der Waals surface area contributed by atoms with Crippen LogP contribution in [-0.2, 0) is 9.53 Å². The summed E-state index contributed by atoms with van der Waals surface area (Å²) in [5.41, 5.74) is 2.01. The third kappa shape index (κ3) is 5.16. The number of carbonyl (C=O) groups is 1. The van der Waals surface area contributed by atoms with Gasteiger partial charge in [0, 0.05) is 6.08 Å². The fourth-order valence-corrected chi connectivity index (χ4v) is 1.89. The zero-order chi connectivity index (χ0) is 14.1. The first-order valence-electron chi connectivity index (χ1n) is 6.64. The topological polar surface area (TPSA) is 35.5 Å². The lowest BCUT2D eigenvalue weighted by Gasteiger charge is -2.09. The quantitative estimate of drug-likeness (QED) is 0.425. The van der Waals surface area contributed by atoms with Crippen molar-refractivity contribution in [3.63, 3.8) is 0 Å². The van der Waals surface area contributed by atoms with Crippen LogP contribution in [0.4, 0.5) is 0 Å². The molecule has 1 aromatic carbocycles. The molecule has 0 saturated carbocycles. The molecule has 3 heteroatoms. The molecule has 0 aromatic heterocycles. The minimum Gasteiger partial charge on any atom is -0.497 e. The maximum atomic E-state index is 11.5. The first-order chi connectivity index (χ1) is 9.21. The molecule has 0 fully saturated rings. The van der Waals surface area contributed by atoms with Crippen molar-refractivity contribution in [1.82, 2.24) is 0 Å². The van der Waals surface area contributed by atoms with Crippen LogP contribution in [-0.4, -0.2) is 20.2 Å². The number of hydrogen-bond acceptors (Lipinski definition) is 3. The molecule has 0 aliphatic rings. The largest absolute Gasteiger partial charge is 0.497 e. The molecule has 0 amide bonds. The van der Waals surface area contributed by atoms with E-state index in [9.17, 15) is 4.79 Å². The predicted molar refractivity (Wildman–Crippen MR) is 77.1 cm³/mol. The van der Waals surface area contributed by atoms with Gasteiger partial charge in [0.05, 0.1) is 14.2 Å². The summed E-state index contributed by atoms with van der Waals surface area (Å²) in [5.74, 6) is 0.484. The third-order valence-corrected chi connectivity index (χ3v) is 2.98. The molecule has 0 aliphatic heterocycles. The van der Waals surface area contributed by atoms with Gasteiger partial charge in [-0.15, -0.1) is 0 Å². The first-order valence-corrected chi connectivity index (χ1v) is 6.64. The Balaban J connectivity index is 2.93. The SMILES string of the molecule is CCCCC/C(=C\C(=O)OC)c1cccc(OC)c1. The molecule has 3 nitrogen and oxygen atoms in total. The Morgan fingerprint density at radius 1 is 1.26 bits per heavy atom. The van der Waals surface area contributed by atoms with Crippen LogP contribution in [0.25, 0.3) is 5.57 Å². The molecule has 0 bridgehead atoms. The number of benzene rings is 1. The van der Waals surface area contributed by atoms with Gasteiger partial charge in [-0.25, -0.2) is 4.79 Å². The number of hydrogen-bond donors (Lipinski definition) is 0. The minimum absolute atomic E-state index is 0.311. The number of rotatable bonds is 7. The molecule has 0 heterocycles. The number of carbonyl (C=O) groups excluding carboxylic acids is 1. The summed E-state index contributed by atoms with van der Waals surface area (Å²) < 4.78 is 9.94. The second kappa shape index (κ2) is 8.35.